The highest BCUT2D eigenvalue weighted by Gasteiger charge is 2.04. The van der Waals surface area contributed by atoms with Gasteiger partial charge in [0.25, 0.3) is 0 Å². The predicted octanol–water partition coefficient (Wildman–Crippen LogP) is 3.60. The summed E-state index contributed by atoms with van der Waals surface area (Å²) in [6.45, 7) is 5.73. The Balaban J connectivity index is 2.65. The number of nitrogens with one attached hydrogen (secondary N) is 1. The first-order valence-corrected chi connectivity index (χ1v) is 5.37. The molecule has 1 aromatic rings. The van der Waals surface area contributed by atoms with Crippen LogP contribution in [0.4, 0.5) is 10.1 Å². The lowest BCUT2D eigenvalue weighted by atomic mass is 10.1. The zero-order valence-electron chi connectivity index (χ0n) is 9.79. The van der Waals surface area contributed by atoms with Crippen molar-refractivity contribution in [2.45, 2.75) is 25.8 Å². The summed E-state index contributed by atoms with van der Waals surface area (Å²) in [5.74, 6) is 0.233. The monoisotopic (exact) mass is 223 g/mol. The van der Waals surface area contributed by atoms with Crippen LogP contribution in [-0.4, -0.2) is 13.2 Å². The van der Waals surface area contributed by atoms with Gasteiger partial charge in [-0.05, 0) is 25.8 Å². The second kappa shape index (κ2) is 6.16. The molecular weight excluding hydrogens is 205 g/mol. The number of methoxy groups -OCH3 is 1. The van der Waals surface area contributed by atoms with Crippen molar-refractivity contribution in [1.29, 1.82) is 0 Å². The fourth-order valence-corrected chi connectivity index (χ4v) is 1.49. The molecule has 3 heteroatoms. The highest BCUT2D eigenvalue weighted by Crippen LogP contribution is 2.21. The Hall–Kier alpha value is -1.51. The minimum atomic E-state index is -0.294. The Morgan fingerprint density at radius 2 is 2.25 bits per heavy atom. The number of anilines is 1. The van der Waals surface area contributed by atoms with Crippen molar-refractivity contribution in [1.82, 2.24) is 0 Å². The van der Waals surface area contributed by atoms with Crippen molar-refractivity contribution in [3.05, 3.63) is 36.7 Å². The maximum Gasteiger partial charge on any atom is 0.128 e. The van der Waals surface area contributed by atoms with Crippen LogP contribution in [-0.2, 0) is 0 Å². The van der Waals surface area contributed by atoms with Gasteiger partial charge in [0.15, 0.2) is 0 Å². The number of rotatable bonds is 6. The second-order valence-electron chi connectivity index (χ2n) is 3.79. The van der Waals surface area contributed by atoms with Gasteiger partial charge in [0.1, 0.15) is 11.6 Å². The topological polar surface area (TPSA) is 21.3 Å². The molecule has 1 aromatic carbocycles. The summed E-state index contributed by atoms with van der Waals surface area (Å²) in [4.78, 5) is 0. The summed E-state index contributed by atoms with van der Waals surface area (Å²) in [5.41, 5.74) is 0.744. The standard InChI is InChI=1S/C13H18FNO/c1-4-5-6-10(2)15-12-7-11(14)8-13(9-12)16-3/h4,7-10,15H,1,5-6H2,2-3H3. The molecule has 1 unspecified atom stereocenters. The summed E-state index contributed by atoms with van der Waals surface area (Å²) in [5, 5.41) is 3.22. The van der Waals surface area contributed by atoms with E-state index in [9.17, 15) is 4.39 Å². The van der Waals surface area contributed by atoms with E-state index in [2.05, 4.69) is 18.8 Å². The van der Waals surface area contributed by atoms with E-state index in [0.29, 0.717) is 5.75 Å². The molecule has 0 aromatic heterocycles. The largest absolute Gasteiger partial charge is 0.497 e. The lowest BCUT2D eigenvalue weighted by Gasteiger charge is -2.15. The molecule has 0 spiro atoms. The van der Waals surface area contributed by atoms with E-state index in [1.807, 2.05) is 6.08 Å². The first-order chi connectivity index (χ1) is 7.65. The van der Waals surface area contributed by atoms with Gasteiger partial charge in [-0.15, -0.1) is 6.58 Å². The van der Waals surface area contributed by atoms with Gasteiger partial charge in [0, 0.05) is 23.9 Å². The van der Waals surface area contributed by atoms with E-state index in [1.54, 1.807) is 6.07 Å². The Labute approximate surface area is 96.1 Å². The van der Waals surface area contributed by atoms with Gasteiger partial charge in [-0.25, -0.2) is 4.39 Å². The molecule has 1 rings (SSSR count). The summed E-state index contributed by atoms with van der Waals surface area (Å²) < 4.78 is 18.2. The van der Waals surface area contributed by atoms with Crippen molar-refractivity contribution in [3.63, 3.8) is 0 Å². The van der Waals surface area contributed by atoms with Crippen LogP contribution in [0.15, 0.2) is 30.9 Å². The lowest BCUT2D eigenvalue weighted by molar-refractivity contribution is 0.411. The third kappa shape index (κ3) is 3.93. The van der Waals surface area contributed by atoms with Crippen molar-refractivity contribution >= 4 is 5.69 Å². The molecule has 2 nitrogen and oxygen atoms in total. The average molecular weight is 223 g/mol. The van der Waals surface area contributed by atoms with Gasteiger partial charge in [-0.1, -0.05) is 6.08 Å². The van der Waals surface area contributed by atoms with Crippen molar-refractivity contribution in [3.8, 4) is 5.75 Å². The molecule has 0 radical (unpaired) electrons. The molecule has 0 saturated heterocycles. The van der Waals surface area contributed by atoms with E-state index in [-0.39, 0.29) is 11.9 Å². The molecule has 1 atom stereocenters. The Morgan fingerprint density at radius 1 is 1.50 bits per heavy atom. The lowest BCUT2D eigenvalue weighted by Crippen LogP contribution is -2.14. The highest BCUT2D eigenvalue weighted by molar-refractivity contribution is 5.49. The fourth-order valence-electron chi connectivity index (χ4n) is 1.49. The Bertz CT molecular complexity index is 352. The molecule has 0 fully saturated rings. The third-order valence-corrected chi connectivity index (χ3v) is 2.32. The first-order valence-electron chi connectivity index (χ1n) is 5.37. The van der Waals surface area contributed by atoms with Gasteiger partial charge in [-0.2, -0.15) is 0 Å². The molecule has 88 valence electrons. The number of ether oxygens (including phenoxy) is 1. The normalized spacial score (nSPS) is 11.9. The van der Waals surface area contributed by atoms with Crippen molar-refractivity contribution < 1.29 is 9.13 Å². The molecule has 0 aliphatic rings. The Morgan fingerprint density at radius 3 is 2.88 bits per heavy atom. The van der Waals surface area contributed by atoms with Gasteiger partial charge in [0.05, 0.1) is 7.11 Å². The third-order valence-electron chi connectivity index (χ3n) is 2.32. The summed E-state index contributed by atoms with van der Waals surface area (Å²) in [6, 6.07) is 4.89. The van der Waals surface area contributed by atoms with Crippen molar-refractivity contribution in [2.75, 3.05) is 12.4 Å². The van der Waals surface area contributed by atoms with Crippen LogP contribution < -0.4 is 10.1 Å². The van der Waals surface area contributed by atoms with E-state index < -0.39 is 0 Å². The fraction of sp³-hybridized carbons (Fsp3) is 0.385. The number of hydrogen-bond donors (Lipinski definition) is 1. The molecule has 0 aliphatic heterocycles. The van der Waals surface area contributed by atoms with Gasteiger partial charge < -0.3 is 10.1 Å². The molecule has 1 N–H and O–H groups in total. The second-order valence-corrected chi connectivity index (χ2v) is 3.79. The van der Waals surface area contributed by atoms with Crippen LogP contribution in [0.1, 0.15) is 19.8 Å². The first kappa shape index (κ1) is 12.6. The van der Waals surface area contributed by atoms with Crippen LogP contribution in [0, 0.1) is 5.82 Å². The molecular formula is C13H18FNO. The van der Waals surface area contributed by atoms with Crippen LogP contribution >= 0.6 is 0 Å². The summed E-state index contributed by atoms with van der Waals surface area (Å²) in [6.07, 6.45) is 3.80. The predicted molar refractivity (Wildman–Crippen MR) is 65.5 cm³/mol. The quantitative estimate of drug-likeness (QED) is 0.744. The highest BCUT2D eigenvalue weighted by atomic mass is 19.1. The van der Waals surface area contributed by atoms with Gasteiger partial charge >= 0.3 is 0 Å². The van der Waals surface area contributed by atoms with Gasteiger partial charge in [-0.3, -0.25) is 0 Å². The van der Waals surface area contributed by atoms with E-state index in [1.165, 1.54) is 19.2 Å². The van der Waals surface area contributed by atoms with Crippen LogP contribution in [0.2, 0.25) is 0 Å². The van der Waals surface area contributed by atoms with Crippen LogP contribution in [0.3, 0.4) is 0 Å². The van der Waals surface area contributed by atoms with E-state index in [4.69, 9.17) is 4.74 Å². The minimum Gasteiger partial charge on any atom is -0.497 e. The molecule has 16 heavy (non-hydrogen) atoms. The van der Waals surface area contributed by atoms with E-state index in [0.717, 1.165) is 18.5 Å². The zero-order valence-corrected chi connectivity index (χ0v) is 9.79. The maximum absolute atomic E-state index is 13.2. The smallest absolute Gasteiger partial charge is 0.128 e. The Kier molecular flexibility index (Phi) is 4.83. The molecule has 0 saturated carbocycles. The zero-order chi connectivity index (χ0) is 12.0. The van der Waals surface area contributed by atoms with Gasteiger partial charge in [0.2, 0.25) is 0 Å². The number of hydrogen-bond acceptors (Lipinski definition) is 2. The van der Waals surface area contributed by atoms with Crippen LogP contribution in [0.5, 0.6) is 5.75 Å². The minimum absolute atomic E-state index is 0.282. The number of allylic oxidation sites excluding steroid dienone is 1. The molecule has 0 aliphatic carbocycles. The number of halogens is 1. The van der Waals surface area contributed by atoms with E-state index >= 15 is 0 Å². The summed E-state index contributed by atoms with van der Waals surface area (Å²) >= 11 is 0. The molecule has 0 heterocycles. The molecule has 0 bridgehead atoms. The van der Waals surface area contributed by atoms with Crippen molar-refractivity contribution in [2.24, 2.45) is 0 Å². The number of benzene rings is 1. The summed E-state index contributed by atoms with van der Waals surface area (Å²) in [7, 11) is 1.53. The SMILES string of the molecule is C=CCCC(C)Nc1cc(F)cc(OC)c1. The maximum atomic E-state index is 13.2. The molecule has 0 amide bonds. The average Bonchev–Trinajstić information content (AvgIpc) is 2.25. The van der Waals surface area contributed by atoms with Crippen LogP contribution in [0.25, 0.3) is 0 Å².